The van der Waals surface area contributed by atoms with Gasteiger partial charge in [-0.05, 0) is 49.9 Å². The van der Waals surface area contributed by atoms with Crippen molar-refractivity contribution in [2.45, 2.75) is 38.6 Å². The maximum atomic E-state index is 12.8. The normalized spacial score (nSPS) is 22.9. The summed E-state index contributed by atoms with van der Waals surface area (Å²) >= 11 is 0. The van der Waals surface area contributed by atoms with E-state index < -0.39 is 0 Å². The monoisotopic (exact) mass is 482 g/mol. The number of nitrogens with zero attached hydrogens (tertiary/aromatic N) is 6. The lowest BCUT2D eigenvalue weighted by molar-refractivity contribution is -0.139. The third-order valence-corrected chi connectivity index (χ3v) is 8.44. The van der Waals surface area contributed by atoms with Crippen LogP contribution in [0.15, 0.2) is 48.8 Å². The van der Waals surface area contributed by atoms with E-state index in [-0.39, 0.29) is 17.7 Å². The topological polar surface area (TPSA) is 67.9 Å². The highest BCUT2D eigenvalue weighted by Crippen LogP contribution is 2.35. The van der Waals surface area contributed by atoms with Gasteiger partial charge >= 0.3 is 0 Å². The third kappa shape index (κ3) is 4.14. The van der Waals surface area contributed by atoms with Crippen molar-refractivity contribution in [2.75, 3.05) is 44.2 Å². The summed E-state index contributed by atoms with van der Waals surface area (Å²) in [6, 6.07) is 16.3. The predicted molar refractivity (Wildman–Crippen MR) is 141 cm³/mol. The highest BCUT2D eigenvalue weighted by Gasteiger charge is 2.37. The molecule has 6 rings (SSSR count). The van der Waals surface area contributed by atoms with Crippen molar-refractivity contribution < 1.29 is 4.79 Å². The molecule has 0 N–H and O–H groups in total. The first kappa shape index (κ1) is 23.1. The smallest absolute Gasteiger partial charge is 0.225 e. The number of rotatable bonds is 5. The van der Waals surface area contributed by atoms with E-state index in [1.165, 1.54) is 16.7 Å². The Bertz CT molecular complexity index is 1290. The van der Waals surface area contributed by atoms with Crippen LogP contribution in [0.5, 0.6) is 0 Å². The molecule has 1 saturated carbocycles. The Labute approximate surface area is 212 Å². The molecule has 4 heterocycles. The molecule has 0 atom stereocenters. The van der Waals surface area contributed by atoms with Crippen LogP contribution in [0.25, 0.3) is 16.6 Å². The summed E-state index contributed by atoms with van der Waals surface area (Å²) in [5.74, 6) is 0.990. The van der Waals surface area contributed by atoms with E-state index >= 15 is 0 Å². The van der Waals surface area contributed by atoms with Crippen molar-refractivity contribution in [1.29, 1.82) is 5.26 Å². The molecule has 36 heavy (non-hydrogen) atoms. The van der Waals surface area contributed by atoms with Crippen molar-refractivity contribution in [3.8, 4) is 17.2 Å². The van der Waals surface area contributed by atoms with Gasteiger partial charge in [-0.2, -0.15) is 10.4 Å². The molecule has 0 bridgehead atoms. The van der Waals surface area contributed by atoms with E-state index in [1.807, 2.05) is 15.6 Å². The Morgan fingerprint density at radius 1 is 1.03 bits per heavy atom. The molecule has 0 radical (unpaired) electrons. The van der Waals surface area contributed by atoms with Gasteiger partial charge in [0.2, 0.25) is 5.91 Å². The summed E-state index contributed by atoms with van der Waals surface area (Å²) < 4.78 is 1.97. The number of aromatic nitrogens is 2. The number of hydrogen-bond donors (Lipinski definition) is 0. The largest absolute Gasteiger partial charge is 0.366 e. The molecule has 3 aliphatic rings. The van der Waals surface area contributed by atoms with E-state index in [0.29, 0.717) is 12.0 Å². The lowest BCUT2D eigenvalue weighted by atomic mass is 9.75. The number of fused-ring (bicyclic) bond motifs is 1. The van der Waals surface area contributed by atoms with E-state index in [0.717, 1.165) is 63.3 Å². The first-order valence-electron chi connectivity index (χ1n) is 13.3. The Balaban J connectivity index is 1.13. The number of carbonyl (C=O) groups excluding carboxylic acids is 1. The van der Waals surface area contributed by atoms with Crippen LogP contribution >= 0.6 is 0 Å². The minimum Gasteiger partial charge on any atom is -0.366 e. The number of piperazine rings is 1. The number of nitriles is 1. The molecule has 0 spiro atoms. The van der Waals surface area contributed by atoms with Gasteiger partial charge in [0.25, 0.3) is 0 Å². The molecule has 2 aromatic heterocycles. The van der Waals surface area contributed by atoms with Crippen molar-refractivity contribution in [3.05, 3.63) is 54.4 Å². The van der Waals surface area contributed by atoms with Gasteiger partial charge in [-0.15, -0.1) is 0 Å². The van der Waals surface area contributed by atoms with Crippen LogP contribution in [0, 0.1) is 23.2 Å². The van der Waals surface area contributed by atoms with Gasteiger partial charge in [0.15, 0.2) is 0 Å². The van der Waals surface area contributed by atoms with Crippen LogP contribution in [0.3, 0.4) is 0 Å². The summed E-state index contributed by atoms with van der Waals surface area (Å²) in [6.45, 7) is 9.91. The van der Waals surface area contributed by atoms with Crippen molar-refractivity contribution >= 4 is 17.1 Å². The van der Waals surface area contributed by atoms with Gasteiger partial charge < -0.3 is 9.80 Å². The Morgan fingerprint density at radius 3 is 2.42 bits per heavy atom. The zero-order valence-electron chi connectivity index (χ0n) is 21.2. The summed E-state index contributed by atoms with van der Waals surface area (Å²) in [5.41, 5.74) is 6.07. The maximum absolute atomic E-state index is 12.8. The van der Waals surface area contributed by atoms with Gasteiger partial charge in [-0.25, -0.2) is 4.52 Å². The number of amides is 1. The second-order valence-electron chi connectivity index (χ2n) is 10.9. The Hall–Kier alpha value is -3.37. The molecule has 186 valence electrons. The highest BCUT2D eigenvalue weighted by molar-refractivity contribution is 5.82. The molecular formula is C29H34N6O. The van der Waals surface area contributed by atoms with E-state index in [4.69, 9.17) is 5.26 Å². The molecular weight excluding hydrogens is 448 g/mol. The SMILES string of the molecule is CC(C)N1CC(c2ccc(-c3cc4c(N5CCN(C(=O)C6CC(C#N)C6)CC5)ccnn4c3)cc2)C1. The number of likely N-dealkylation sites (tertiary alicyclic amines) is 1. The fraction of sp³-hybridized carbons (Fsp3) is 0.483. The standard InChI is InChI=1S/C29H34N6O/c1-20(2)34-17-26(18-34)23-5-3-22(4-6-23)25-15-28-27(7-8-31-35(28)19-25)32-9-11-33(12-10-32)29(36)24-13-21(14-24)16-30/h3-8,15,19-21,24,26H,9-14,17-18H2,1-2H3. The third-order valence-electron chi connectivity index (χ3n) is 8.44. The Morgan fingerprint density at radius 2 is 1.75 bits per heavy atom. The minimum absolute atomic E-state index is 0.0480. The van der Waals surface area contributed by atoms with E-state index in [9.17, 15) is 4.79 Å². The summed E-state index contributed by atoms with van der Waals surface area (Å²) in [4.78, 5) is 19.6. The van der Waals surface area contributed by atoms with Crippen LogP contribution in [-0.4, -0.2) is 70.6 Å². The fourth-order valence-electron chi connectivity index (χ4n) is 5.87. The van der Waals surface area contributed by atoms with Gasteiger partial charge in [0.1, 0.15) is 0 Å². The molecule has 2 aliphatic heterocycles. The second-order valence-corrected chi connectivity index (χ2v) is 10.9. The average Bonchev–Trinajstić information content (AvgIpc) is 3.27. The molecule has 2 saturated heterocycles. The lowest BCUT2D eigenvalue weighted by Crippen LogP contribution is -2.52. The molecule has 7 heteroatoms. The van der Waals surface area contributed by atoms with Crippen molar-refractivity contribution in [2.24, 2.45) is 11.8 Å². The quantitative estimate of drug-likeness (QED) is 0.550. The van der Waals surface area contributed by atoms with Gasteiger partial charge in [-0.3, -0.25) is 9.69 Å². The highest BCUT2D eigenvalue weighted by atomic mass is 16.2. The van der Waals surface area contributed by atoms with Crippen LogP contribution in [0.1, 0.15) is 38.2 Å². The van der Waals surface area contributed by atoms with Crippen molar-refractivity contribution in [1.82, 2.24) is 19.4 Å². The number of benzene rings is 1. The lowest BCUT2D eigenvalue weighted by Gasteiger charge is -2.42. The summed E-state index contributed by atoms with van der Waals surface area (Å²) in [5, 5.41) is 13.6. The van der Waals surface area contributed by atoms with Crippen LogP contribution in [0.2, 0.25) is 0 Å². The first-order valence-corrected chi connectivity index (χ1v) is 13.3. The molecule has 0 unspecified atom stereocenters. The second kappa shape index (κ2) is 9.25. The summed E-state index contributed by atoms with van der Waals surface area (Å²) in [6.07, 6.45) is 5.43. The molecule has 1 aromatic carbocycles. The average molecular weight is 483 g/mol. The van der Waals surface area contributed by atoms with Crippen LogP contribution < -0.4 is 4.90 Å². The first-order chi connectivity index (χ1) is 17.5. The van der Waals surface area contributed by atoms with Crippen LogP contribution in [0.4, 0.5) is 5.69 Å². The predicted octanol–water partition coefficient (Wildman–Crippen LogP) is 4.01. The zero-order valence-corrected chi connectivity index (χ0v) is 21.2. The molecule has 1 amide bonds. The molecule has 3 aromatic rings. The van der Waals surface area contributed by atoms with Gasteiger partial charge in [-0.1, -0.05) is 24.3 Å². The molecule has 7 nitrogen and oxygen atoms in total. The number of hydrogen-bond acceptors (Lipinski definition) is 5. The molecule has 3 fully saturated rings. The zero-order chi connectivity index (χ0) is 24.8. The van der Waals surface area contributed by atoms with E-state index in [2.05, 4.69) is 77.4 Å². The summed E-state index contributed by atoms with van der Waals surface area (Å²) in [7, 11) is 0. The van der Waals surface area contributed by atoms with E-state index in [1.54, 1.807) is 0 Å². The van der Waals surface area contributed by atoms with Crippen LogP contribution in [-0.2, 0) is 4.79 Å². The fourth-order valence-corrected chi connectivity index (χ4v) is 5.87. The van der Waals surface area contributed by atoms with Crippen molar-refractivity contribution in [3.63, 3.8) is 0 Å². The Kier molecular flexibility index (Phi) is 5.93. The number of anilines is 1. The molecule has 1 aliphatic carbocycles. The maximum Gasteiger partial charge on any atom is 0.225 e. The minimum atomic E-state index is 0.0480. The van der Waals surface area contributed by atoms with Gasteiger partial charge in [0, 0.05) is 81.0 Å². The number of carbonyl (C=O) groups is 1. The van der Waals surface area contributed by atoms with Gasteiger partial charge in [0.05, 0.1) is 17.3 Å².